The molecule has 1 aliphatic rings. The number of thioether (sulfide) groups is 1. The number of rotatable bonds is 6. The summed E-state index contributed by atoms with van der Waals surface area (Å²) in [6, 6.07) is 4.71. The average Bonchev–Trinajstić information content (AvgIpc) is 2.53. The molecule has 0 spiro atoms. The number of carbonyl (C=O) groups excluding carboxylic acids is 2. The van der Waals surface area contributed by atoms with E-state index < -0.39 is 15.1 Å². The first-order valence-electron chi connectivity index (χ1n) is 7.84. The molecule has 0 aliphatic carbocycles. The van der Waals surface area contributed by atoms with E-state index in [1.54, 1.807) is 6.07 Å². The molecule has 132 valence electrons. The van der Waals surface area contributed by atoms with Gasteiger partial charge in [-0.25, -0.2) is 8.42 Å². The van der Waals surface area contributed by atoms with Crippen molar-refractivity contribution >= 4 is 39.1 Å². The highest BCUT2D eigenvalue weighted by Crippen LogP contribution is 2.34. The van der Waals surface area contributed by atoms with Crippen molar-refractivity contribution in [1.29, 1.82) is 0 Å². The number of anilines is 1. The smallest absolute Gasteiger partial charge is 0.234 e. The summed E-state index contributed by atoms with van der Waals surface area (Å²) in [6.07, 6.45) is 0.694. The molecule has 0 aromatic heterocycles. The van der Waals surface area contributed by atoms with Crippen LogP contribution in [0.4, 0.5) is 5.69 Å². The minimum absolute atomic E-state index is 0.0170. The van der Waals surface area contributed by atoms with E-state index in [0.29, 0.717) is 11.4 Å². The molecule has 6 nitrogen and oxygen atoms in total. The second kappa shape index (κ2) is 7.57. The van der Waals surface area contributed by atoms with Crippen molar-refractivity contribution in [3.63, 3.8) is 0 Å². The number of nitrogens with one attached hydrogen (secondary N) is 2. The predicted molar refractivity (Wildman–Crippen MR) is 95.0 cm³/mol. The Morgan fingerprint density at radius 1 is 1.38 bits per heavy atom. The van der Waals surface area contributed by atoms with E-state index in [1.807, 2.05) is 13.8 Å². The van der Waals surface area contributed by atoms with E-state index in [2.05, 4.69) is 10.6 Å². The van der Waals surface area contributed by atoms with Crippen molar-refractivity contribution in [2.75, 3.05) is 11.1 Å². The maximum Gasteiger partial charge on any atom is 0.234 e. The lowest BCUT2D eigenvalue weighted by Gasteiger charge is -2.19. The van der Waals surface area contributed by atoms with Crippen molar-refractivity contribution in [1.82, 2.24) is 5.32 Å². The summed E-state index contributed by atoms with van der Waals surface area (Å²) in [5.74, 6) is -0.101. The topological polar surface area (TPSA) is 92.3 Å². The molecular formula is C16H22N2O4S2. The van der Waals surface area contributed by atoms with Gasteiger partial charge in [-0.1, -0.05) is 6.92 Å². The van der Waals surface area contributed by atoms with Crippen molar-refractivity contribution in [2.24, 2.45) is 0 Å². The Balaban J connectivity index is 2.16. The zero-order chi connectivity index (χ0) is 17.9. The molecule has 2 N–H and O–H groups in total. The largest absolute Gasteiger partial charge is 0.354 e. The molecule has 2 unspecified atom stereocenters. The Morgan fingerprint density at radius 3 is 2.75 bits per heavy atom. The van der Waals surface area contributed by atoms with Crippen molar-refractivity contribution in [2.45, 2.75) is 54.7 Å². The van der Waals surface area contributed by atoms with Gasteiger partial charge in [-0.15, -0.1) is 11.8 Å². The molecule has 2 amide bonds. The molecule has 0 bridgehead atoms. The van der Waals surface area contributed by atoms with Crippen LogP contribution in [0.2, 0.25) is 0 Å². The summed E-state index contributed by atoms with van der Waals surface area (Å²) in [4.78, 5) is 24.4. The third-order valence-electron chi connectivity index (χ3n) is 3.93. The van der Waals surface area contributed by atoms with Gasteiger partial charge in [0, 0.05) is 17.4 Å². The van der Waals surface area contributed by atoms with E-state index in [0.717, 1.165) is 11.3 Å². The molecule has 0 saturated heterocycles. The van der Waals surface area contributed by atoms with Crippen LogP contribution in [0.5, 0.6) is 0 Å². The van der Waals surface area contributed by atoms with E-state index in [-0.39, 0.29) is 29.2 Å². The van der Waals surface area contributed by atoms with Gasteiger partial charge in [0.2, 0.25) is 11.8 Å². The normalized spacial score (nSPS) is 16.7. The third kappa shape index (κ3) is 4.30. The summed E-state index contributed by atoms with van der Waals surface area (Å²) in [5.41, 5.74) is 0.508. The molecular weight excluding hydrogens is 348 g/mol. The lowest BCUT2D eigenvalue weighted by Crippen LogP contribution is -2.35. The van der Waals surface area contributed by atoms with Gasteiger partial charge in [0.05, 0.1) is 21.6 Å². The average molecular weight is 370 g/mol. The Kier molecular flexibility index (Phi) is 5.92. The van der Waals surface area contributed by atoms with Gasteiger partial charge >= 0.3 is 0 Å². The molecule has 1 aromatic rings. The highest BCUT2D eigenvalue weighted by atomic mass is 32.2. The first kappa shape index (κ1) is 18.8. The van der Waals surface area contributed by atoms with Crippen molar-refractivity contribution in [3.05, 3.63) is 18.2 Å². The minimum Gasteiger partial charge on any atom is -0.354 e. The SMILES string of the molecule is CCC(C)NC(=O)CC(C)S(=O)(=O)c1ccc2c(c1)NC(=O)CS2. The van der Waals surface area contributed by atoms with Crippen LogP contribution < -0.4 is 10.6 Å². The van der Waals surface area contributed by atoms with Crippen LogP contribution in [0.15, 0.2) is 28.0 Å². The van der Waals surface area contributed by atoms with Crippen LogP contribution >= 0.6 is 11.8 Å². The standard InChI is InChI=1S/C16H22N2O4S2/c1-4-10(2)17-15(19)7-11(3)24(21,22)12-5-6-14-13(8-12)18-16(20)9-23-14/h5-6,8,10-11H,4,7,9H2,1-3H3,(H,17,19)(H,18,20). The fraction of sp³-hybridized carbons (Fsp3) is 0.500. The monoisotopic (exact) mass is 370 g/mol. The molecule has 2 rings (SSSR count). The Morgan fingerprint density at radius 2 is 2.08 bits per heavy atom. The van der Waals surface area contributed by atoms with Gasteiger partial charge in [0.1, 0.15) is 0 Å². The second-order valence-electron chi connectivity index (χ2n) is 5.93. The molecule has 1 aliphatic heterocycles. The van der Waals surface area contributed by atoms with Crippen LogP contribution in [-0.4, -0.2) is 37.3 Å². The van der Waals surface area contributed by atoms with Gasteiger partial charge in [-0.3, -0.25) is 9.59 Å². The maximum atomic E-state index is 12.7. The van der Waals surface area contributed by atoms with E-state index in [4.69, 9.17) is 0 Å². The van der Waals surface area contributed by atoms with Crippen LogP contribution in [0.25, 0.3) is 0 Å². The molecule has 0 saturated carbocycles. The quantitative estimate of drug-likeness (QED) is 0.801. The molecule has 24 heavy (non-hydrogen) atoms. The van der Waals surface area contributed by atoms with Gasteiger partial charge < -0.3 is 10.6 Å². The number of fused-ring (bicyclic) bond motifs is 1. The Hall–Kier alpha value is -1.54. The number of carbonyl (C=O) groups is 2. The fourth-order valence-electron chi connectivity index (χ4n) is 2.28. The highest BCUT2D eigenvalue weighted by molar-refractivity contribution is 8.00. The first-order valence-corrected chi connectivity index (χ1v) is 10.4. The summed E-state index contributed by atoms with van der Waals surface area (Å²) in [7, 11) is -3.65. The molecule has 1 heterocycles. The van der Waals surface area contributed by atoms with Crippen LogP contribution in [0, 0.1) is 0 Å². The third-order valence-corrected chi connectivity index (χ3v) is 7.15. The number of amides is 2. The number of hydrogen-bond acceptors (Lipinski definition) is 5. The van der Waals surface area contributed by atoms with Gasteiger partial charge in [-0.2, -0.15) is 0 Å². The summed E-state index contributed by atoms with van der Waals surface area (Å²) < 4.78 is 25.4. The van der Waals surface area contributed by atoms with E-state index >= 15 is 0 Å². The summed E-state index contributed by atoms with van der Waals surface area (Å²) >= 11 is 1.37. The zero-order valence-electron chi connectivity index (χ0n) is 14.0. The van der Waals surface area contributed by atoms with Crippen molar-refractivity contribution < 1.29 is 18.0 Å². The maximum absolute atomic E-state index is 12.7. The number of sulfone groups is 1. The number of benzene rings is 1. The first-order chi connectivity index (χ1) is 11.2. The summed E-state index contributed by atoms with van der Waals surface area (Å²) in [6.45, 7) is 5.35. The molecule has 0 fully saturated rings. The summed E-state index contributed by atoms with van der Waals surface area (Å²) in [5, 5.41) is 4.62. The zero-order valence-corrected chi connectivity index (χ0v) is 15.6. The van der Waals surface area contributed by atoms with Gasteiger partial charge in [0.15, 0.2) is 9.84 Å². The van der Waals surface area contributed by atoms with Gasteiger partial charge in [-0.05, 0) is 38.5 Å². The number of hydrogen-bond donors (Lipinski definition) is 2. The van der Waals surface area contributed by atoms with Crippen LogP contribution in [0.3, 0.4) is 0 Å². The molecule has 8 heteroatoms. The Labute approximate surface area is 146 Å². The van der Waals surface area contributed by atoms with Crippen LogP contribution in [0.1, 0.15) is 33.6 Å². The van der Waals surface area contributed by atoms with E-state index in [1.165, 1.54) is 30.8 Å². The molecule has 0 radical (unpaired) electrons. The van der Waals surface area contributed by atoms with Crippen molar-refractivity contribution in [3.8, 4) is 0 Å². The lowest BCUT2D eigenvalue weighted by atomic mass is 10.2. The fourth-order valence-corrected chi connectivity index (χ4v) is 4.44. The van der Waals surface area contributed by atoms with E-state index in [9.17, 15) is 18.0 Å². The minimum atomic E-state index is -3.65. The predicted octanol–water partition coefficient (Wildman–Crippen LogP) is 2.20. The highest BCUT2D eigenvalue weighted by Gasteiger charge is 2.27. The van der Waals surface area contributed by atoms with Gasteiger partial charge in [0.25, 0.3) is 0 Å². The second-order valence-corrected chi connectivity index (χ2v) is 9.31. The molecule has 1 aromatic carbocycles. The molecule has 2 atom stereocenters. The lowest BCUT2D eigenvalue weighted by molar-refractivity contribution is -0.121. The Bertz CT molecular complexity index is 746. The van der Waals surface area contributed by atoms with Crippen LogP contribution in [-0.2, 0) is 19.4 Å².